The molecule has 5 nitrogen and oxygen atoms in total. The highest BCUT2D eigenvalue weighted by Gasteiger charge is 2.16. The number of H-pyrrole nitrogens is 1. The first-order valence-electron chi connectivity index (χ1n) is 6.41. The van der Waals surface area contributed by atoms with Gasteiger partial charge in [-0.25, -0.2) is 4.79 Å². The van der Waals surface area contributed by atoms with Crippen LogP contribution in [-0.2, 0) is 17.7 Å². The molecule has 2 N–H and O–H groups in total. The third kappa shape index (κ3) is 4.77. The van der Waals surface area contributed by atoms with Crippen LogP contribution in [0.2, 0.25) is 0 Å². The number of aromatic amines is 1. The first-order chi connectivity index (χ1) is 8.73. The van der Waals surface area contributed by atoms with Gasteiger partial charge >= 0.3 is 6.09 Å². The Morgan fingerprint density at radius 2 is 2.05 bits per heavy atom. The van der Waals surface area contributed by atoms with Crippen molar-refractivity contribution in [3.63, 3.8) is 0 Å². The number of pyridine rings is 1. The number of nitrogens with one attached hydrogen (secondary N) is 2. The highest BCUT2D eigenvalue weighted by molar-refractivity contribution is 5.67. The zero-order chi connectivity index (χ0) is 14.6. The third-order valence-electron chi connectivity index (χ3n) is 2.55. The number of aromatic nitrogens is 1. The maximum atomic E-state index is 11.9. The second kappa shape index (κ2) is 5.91. The lowest BCUT2D eigenvalue weighted by molar-refractivity contribution is 0.0523. The van der Waals surface area contributed by atoms with Crippen molar-refractivity contribution in [2.24, 2.45) is 0 Å². The molecule has 106 valence electrons. The summed E-state index contributed by atoms with van der Waals surface area (Å²) in [6.07, 6.45) is 0.227. The van der Waals surface area contributed by atoms with E-state index in [1.807, 2.05) is 19.9 Å². The summed E-state index contributed by atoms with van der Waals surface area (Å²) in [5, 5.41) is 2.61. The van der Waals surface area contributed by atoms with Crippen molar-refractivity contribution >= 4 is 6.09 Å². The van der Waals surface area contributed by atoms with E-state index in [2.05, 4.69) is 10.3 Å². The number of aryl methyl sites for hydroxylation is 2. The van der Waals surface area contributed by atoms with Crippen molar-refractivity contribution in [2.45, 2.75) is 53.2 Å². The van der Waals surface area contributed by atoms with E-state index in [0.29, 0.717) is 5.56 Å². The Morgan fingerprint density at radius 1 is 1.42 bits per heavy atom. The number of hydrogen-bond acceptors (Lipinski definition) is 3. The number of rotatable bonds is 3. The minimum atomic E-state index is -0.544. The van der Waals surface area contributed by atoms with Gasteiger partial charge in [-0.2, -0.15) is 0 Å². The fourth-order valence-electron chi connectivity index (χ4n) is 1.77. The summed E-state index contributed by atoms with van der Waals surface area (Å²) in [6.45, 7) is 9.37. The lowest BCUT2D eigenvalue weighted by atomic mass is 10.1. The van der Waals surface area contributed by atoms with Gasteiger partial charge in [-0.05, 0) is 45.7 Å². The normalized spacial score (nSPS) is 11.2. The molecule has 1 heterocycles. The maximum Gasteiger partial charge on any atom is 0.407 e. The molecule has 0 unspecified atom stereocenters. The quantitative estimate of drug-likeness (QED) is 0.881. The van der Waals surface area contributed by atoms with Gasteiger partial charge < -0.3 is 15.0 Å². The summed E-state index contributed by atoms with van der Waals surface area (Å²) >= 11 is 0. The Balaban J connectivity index is 2.78. The van der Waals surface area contributed by atoms with Gasteiger partial charge in [0.15, 0.2) is 0 Å². The van der Waals surface area contributed by atoms with Crippen molar-refractivity contribution in [1.82, 2.24) is 10.3 Å². The molecule has 0 aliphatic rings. The van der Waals surface area contributed by atoms with Gasteiger partial charge in [-0.3, -0.25) is 4.79 Å². The average Bonchev–Trinajstić information content (AvgIpc) is 2.24. The fraction of sp³-hybridized carbons (Fsp3) is 0.571. The van der Waals surface area contributed by atoms with E-state index in [1.54, 1.807) is 20.8 Å². The third-order valence-corrected chi connectivity index (χ3v) is 2.55. The molecular weight excluding hydrogens is 244 g/mol. The standard InChI is InChI=1S/C14H22N2O3/c1-6-10-7-9(2)16-12(17)11(10)8-15-13(18)19-14(3,4)5/h7H,6,8H2,1-5H3,(H,15,18)(H,16,17). The van der Waals surface area contributed by atoms with E-state index < -0.39 is 11.7 Å². The van der Waals surface area contributed by atoms with Crippen molar-refractivity contribution in [1.29, 1.82) is 0 Å². The summed E-state index contributed by atoms with van der Waals surface area (Å²) in [4.78, 5) is 26.2. The van der Waals surface area contributed by atoms with Crippen LogP contribution in [0, 0.1) is 6.92 Å². The molecule has 1 amide bonds. The van der Waals surface area contributed by atoms with Gasteiger partial charge in [0, 0.05) is 11.3 Å². The predicted octanol–water partition coefficient (Wildman–Crippen LogP) is 2.27. The first-order valence-corrected chi connectivity index (χ1v) is 6.41. The molecule has 19 heavy (non-hydrogen) atoms. The van der Waals surface area contributed by atoms with Crippen LogP contribution in [0.25, 0.3) is 0 Å². The van der Waals surface area contributed by atoms with Gasteiger partial charge in [0.2, 0.25) is 0 Å². The molecular formula is C14H22N2O3. The van der Waals surface area contributed by atoms with E-state index in [0.717, 1.165) is 17.7 Å². The van der Waals surface area contributed by atoms with Crippen LogP contribution >= 0.6 is 0 Å². The highest BCUT2D eigenvalue weighted by Crippen LogP contribution is 2.08. The largest absolute Gasteiger partial charge is 0.444 e. The first kappa shape index (κ1) is 15.3. The highest BCUT2D eigenvalue weighted by atomic mass is 16.6. The summed E-state index contributed by atoms with van der Waals surface area (Å²) in [7, 11) is 0. The minimum absolute atomic E-state index is 0.159. The molecule has 1 aromatic heterocycles. The lowest BCUT2D eigenvalue weighted by Gasteiger charge is -2.19. The van der Waals surface area contributed by atoms with E-state index in [-0.39, 0.29) is 12.1 Å². The zero-order valence-corrected chi connectivity index (χ0v) is 12.2. The minimum Gasteiger partial charge on any atom is -0.444 e. The van der Waals surface area contributed by atoms with Crippen molar-refractivity contribution < 1.29 is 9.53 Å². The number of ether oxygens (including phenoxy) is 1. The molecule has 5 heteroatoms. The van der Waals surface area contributed by atoms with Crippen LogP contribution in [0.15, 0.2) is 10.9 Å². The fourth-order valence-corrected chi connectivity index (χ4v) is 1.77. The Labute approximate surface area is 113 Å². The Bertz CT molecular complexity index is 512. The van der Waals surface area contributed by atoms with Gasteiger partial charge in [0.05, 0.1) is 6.54 Å². The zero-order valence-electron chi connectivity index (χ0n) is 12.2. The van der Waals surface area contributed by atoms with Crippen LogP contribution in [-0.4, -0.2) is 16.7 Å². The van der Waals surface area contributed by atoms with E-state index in [1.165, 1.54) is 0 Å². The Kier molecular flexibility index (Phi) is 4.75. The molecule has 1 aromatic rings. The molecule has 0 saturated carbocycles. The predicted molar refractivity (Wildman–Crippen MR) is 74.3 cm³/mol. The SMILES string of the molecule is CCc1cc(C)[nH]c(=O)c1CNC(=O)OC(C)(C)C. The topological polar surface area (TPSA) is 71.2 Å². The molecule has 0 aliphatic carbocycles. The maximum absolute atomic E-state index is 11.9. The number of hydrogen-bond donors (Lipinski definition) is 2. The van der Waals surface area contributed by atoms with E-state index in [9.17, 15) is 9.59 Å². The molecule has 0 fully saturated rings. The molecule has 0 bridgehead atoms. The second-order valence-corrected chi connectivity index (χ2v) is 5.49. The second-order valence-electron chi connectivity index (χ2n) is 5.49. The van der Waals surface area contributed by atoms with Gasteiger partial charge in [-0.15, -0.1) is 0 Å². The van der Waals surface area contributed by atoms with Gasteiger partial charge in [-0.1, -0.05) is 6.92 Å². The number of amides is 1. The average molecular weight is 266 g/mol. The number of carbonyl (C=O) groups is 1. The molecule has 0 aliphatic heterocycles. The molecule has 0 radical (unpaired) electrons. The molecule has 0 atom stereocenters. The van der Waals surface area contributed by atoms with Crippen LogP contribution in [0.3, 0.4) is 0 Å². The smallest absolute Gasteiger partial charge is 0.407 e. The van der Waals surface area contributed by atoms with E-state index in [4.69, 9.17) is 4.74 Å². The van der Waals surface area contributed by atoms with Crippen LogP contribution < -0.4 is 10.9 Å². The lowest BCUT2D eigenvalue weighted by Crippen LogP contribution is -2.34. The summed E-state index contributed by atoms with van der Waals surface area (Å²) < 4.78 is 5.13. The number of carbonyl (C=O) groups excluding carboxylic acids is 1. The van der Waals surface area contributed by atoms with E-state index >= 15 is 0 Å². The summed E-state index contributed by atoms with van der Waals surface area (Å²) in [6, 6.07) is 1.92. The van der Waals surface area contributed by atoms with Crippen LogP contribution in [0.1, 0.15) is 44.5 Å². The Morgan fingerprint density at radius 3 is 2.58 bits per heavy atom. The van der Waals surface area contributed by atoms with Crippen LogP contribution in [0.5, 0.6) is 0 Å². The van der Waals surface area contributed by atoms with Crippen LogP contribution in [0.4, 0.5) is 4.79 Å². The van der Waals surface area contributed by atoms with Crippen molar-refractivity contribution in [3.8, 4) is 0 Å². The summed E-state index contributed by atoms with van der Waals surface area (Å²) in [5.41, 5.74) is 1.64. The van der Waals surface area contributed by atoms with Gasteiger partial charge in [0.1, 0.15) is 5.60 Å². The number of alkyl carbamates (subject to hydrolysis) is 1. The molecule has 0 spiro atoms. The van der Waals surface area contributed by atoms with Crippen molar-refractivity contribution in [2.75, 3.05) is 0 Å². The monoisotopic (exact) mass is 266 g/mol. The summed E-state index contributed by atoms with van der Waals surface area (Å²) in [5.74, 6) is 0. The molecule has 0 aromatic carbocycles. The van der Waals surface area contributed by atoms with Gasteiger partial charge in [0.25, 0.3) is 5.56 Å². The van der Waals surface area contributed by atoms with Crippen molar-refractivity contribution in [3.05, 3.63) is 33.2 Å². The molecule has 1 rings (SSSR count). The Hall–Kier alpha value is -1.78. The molecule has 0 saturated heterocycles.